The first-order valence-corrected chi connectivity index (χ1v) is 7.14. The molecular formula is C17H22O2. The van der Waals surface area contributed by atoms with Crippen LogP contribution >= 0.6 is 0 Å². The highest BCUT2D eigenvalue weighted by Gasteiger charge is 2.53. The van der Waals surface area contributed by atoms with E-state index in [9.17, 15) is 4.79 Å². The number of benzene rings is 1. The summed E-state index contributed by atoms with van der Waals surface area (Å²) in [6, 6.07) is 5.94. The van der Waals surface area contributed by atoms with Crippen LogP contribution in [0.1, 0.15) is 56.0 Å². The molecule has 19 heavy (non-hydrogen) atoms. The first-order chi connectivity index (χ1) is 8.81. The van der Waals surface area contributed by atoms with Crippen molar-refractivity contribution in [1.82, 2.24) is 0 Å². The molecule has 3 rings (SSSR count). The number of carbonyl (C=O) groups excluding carboxylic acids is 1. The van der Waals surface area contributed by atoms with Crippen LogP contribution in [0.5, 0.6) is 5.75 Å². The first kappa shape index (κ1) is 12.7. The van der Waals surface area contributed by atoms with Gasteiger partial charge in [0.2, 0.25) is 0 Å². The van der Waals surface area contributed by atoms with Crippen molar-refractivity contribution in [3.63, 3.8) is 0 Å². The summed E-state index contributed by atoms with van der Waals surface area (Å²) in [6.45, 7) is 8.79. The molecule has 1 aliphatic heterocycles. The Balaban J connectivity index is 2.02. The number of carbonyl (C=O) groups is 1. The van der Waals surface area contributed by atoms with Crippen LogP contribution in [0.15, 0.2) is 18.2 Å². The fourth-order valence-corrected chi connectivity index (χ4v) is 4.02. The predicted molar refractivity (Wildman–Crippen MR) is 75.7 cm³/mol. The molecule has 1 saturated carbocycles. The topological polar surface area (TPSA) is 26.3 Å². The molecule has 2 unspecified atom stereocenters. The van der Waals surface area contributed by atoms with Crippen LogP contribution in [-0.2, 0) is 0 Å². The van der Waals surface area contributed by atoms with Gasteiger partial charge in [-0.1, -0.05) is 32.4 Å². The van der Waals surface area contributed by atoms with E-state index in [1.807, 2.05) is 25.1 Å². The van der Waals surface area contributed by atoms with Gasteiger partial charge in [0, 0.05) is 0 Å². The highest BCUT2D eigenvalue weighted by molar-refractivity contribution is 6.00. The maximum absolute atomic E-state index is 12.5. The molecule has 2 atom stereocenters. The summed E-state index contributed by atoms with van der Waals surface area (Å²) in [7, 11) is 0. The molecular weight excluding hydrogens is 236 g/mol. The predicted octanol–water partition coefficient (Wildman–Crippen LogP) is 4.16. The minimum atomic E-state index is -0.275. The van der Waals surface area contributed by atoms with Crippen LogP contribution in [0.3, 0.4) is 0 Å². The van der Waals surface area contributed by atoms with Gasteiger partial charge >= 0.3 is 0 Å². The van der Waals surface area contributed by atoms with E-state index in [-0.39, 0.29) is 16.8 Å². The maximum atomic E-state index is 12.5. The Labute approximate surface area is 115 Å². The number of ether oxygens (including phenoxy) is 1. The Morgan fingerprint density at radius 3 is 2.68 bits per heavy atom. The minimum Gasteiger partial charge on any atom is -0.486 e. The molecule has 102 valence electrons. The highest BCUT2D eigenvalue weighted by Crippen LogP contribution is 2.53. The maximum Gasteiger partial charge on any atom is 0.170 e. The van der Waals surface area contributed by atoms with Gasteiger partial charge in [-0.25, -0.2) is 0 Å². The fraction of sp³-hybridized carbons (Fsp3) is 0.588. The normalized spacial score (nSPS) is 32.2. The zero-order valence-corrected chi connectivity index (χ0v) is 12.2. The van der Waals surface area contributed by atoms with E-state index in [0.29, 0.717) is 12.3 Å². The third kappa shape index (κ3) is 1.98. The summed E-state index contributed by atoms with van der Waals surface area (Å²) in [4.78, 5) is 12.5. The van der Waals surface area contributed by atoms with Gasteiger partial charge in [0.15, 0.2) is 5.78 Å². The zero-order chi connectivity index (χ0) is 13.8. The third-order valence-electron chi connectivity index (χ3n) is 4.74. The van der Waals surface area contributed by atoms with Gasteiger partial charge in [-0.05, 0) is 43.2 Å². The molecule has 0 bridgehead atoms. The Kier molecular flexibility index (Phi) is 2.57. The van der Waals surface area contributed by atoms with E-state index in [4.69, 9.17) is 4.74 Å². The smallest absolute Gasteiger partial charge is 0.170 e. The molecule has 2 aliphatic rings. The van der Waals surface area contributed by atoms with Crippen molar-refractivity contribution >= 4 is 5.78 Å². The number of rotatable bonds is 0. The van der Waals surface area contributed by atoms with Gasteiger partial charge in [0.25, 0.3) is 0 Å². The second-order valence-electron chi connectivity index (χ2n) is 7.21. The van der Waals surface area contributed by atoms with E-state index in [2.05, 4.69) is 20.8 Å². The Morgan fingerprint density at radius 1 is 1.32 bits per heavy atom. The average Bonchev–Trinajstić information content (AvgIpc) is 2.49. The minimum absolute atomic E-state index is 0.245. The molecule has 1 aromatic rings. The number of hydrogen-bond acceptors (Lipinski definition) is 2. The van der Waals surface area contributed by atoms with Crippen molar-refractivity contribution < 1.29 is 9.53 Å². The number of Topliss-reactive ketones (excluding diaryl/α,β-unsaturated/α-hetero) is 1. The molecule has 1 heterocycles. The summed E-state index contributed by atoms with van der Waals surface area (Å²) in [5, 5.41) is 0. The Morgan fingerprint density at radius 2 is 2.05 bits per heavy atom. The van der Waals surface area contributed by atoms with Crippen molar-refractivity contribution in [2.45, 2.75) is 52.6 Å². The molecule has 1 aromatic carbocycles. The van der Waals surface area contributed by atoms with E-state index in [1.165, 1.54) is 0 Å². The molecule has 0 amide bonds. The summed E-state index contributed by atoms with van der Waals surface area (Å²) in [5.74, 6) is 1.46. The summed E-state index contributed by atoms with van der Waals surface area (Å²) >= 11 is 0. The molecule has 1 fully saturated rings. The Bertz CT molecular complexity index is 544. The first-order valence-electron chi connectivity index (χ1n) is 7.14. The lowest BCUT2D eigenvalue weighted by atomic mass is 9.81. The molecule has 0 N–H and O–H groups in total. The number of fused-ring (bicyclic) bond motifs is 1. The SMILES string of the molecule is Cc1ccc2c(c1)C(=O)CC1(CC(C)(C)CC1C)O2. The van der Waals surface area contributed by atoms with Crippen molar-refractivity contribution in [2.75, 3.05) is 0 Å². The Hall–Kier alpha value is -1.31. The molecule has 0 radical (unpaired) electrons. The molecule has 2 heteroatoms. The lowest BCUT2D eigenvalue weighted by Crippen LogP contribution is -2.44. The zero-order valence-electron chi connectivity index (χ0n) is 12.2. The fourth-order valence-electron chi connectivity index (χ4n) is 4.02. The van der Waals surface area contributed by atoms with Gasteiger partial charge in [-0.2, -0.15) is 0 Å². The van der Waals surface area contributed by atoms with Crippen LogP contribution in [0.25, 0.3) is 0 Å². The van der Waals surface area contributed by atoms with Gasteiger partial charge in [0.1, 0.15) is 11.4 Å². The lowest BCUT2D eigenvalue weighted by molar-refractivity contribution is 0.0138. The van der Waals surface area contributed by atoms with E-state index >= 15 is 0 Å². The van der Waals surface area contributed by atoms with Crippen LogP contribution in [0.4, 0.5) is 0 Å². The monoisotopic (exact) mass is 258 g/mol. The van der Waals surface area contributed by atoms with E-state index in [0.717, 1.165) is 29.7 Å². The highest BCUT2D eigenvalue weighted by atomic mass is 16.5. The van der Waals surface area contributed by atoms with E-state index < -0.39 is 0 Å². The summed E-state index contributed by atoms with van der Waals surface area (Å²) in [6.07, 6.45) is 2.63. The van der Waals surface area contributed by atoms with Gasteiger partial charge in [-0.15, -0.1) is 0 Å². The van der Waals surface area contributed by atoms with E-state index in [1.54, 1.807) is 0 Å². The second-order valence-corrected chi connectivity index (χ2v) is 7.21. The average molecular weight is 258 g/mol. The van der Waals surface area contributed by atoms with Crippen molar-refractivity contribution in [1.29, 1.82) is 0 Å². The lowest BCUT2D eigenvalue weighted by Gasteiger charge is -2.38. The second kappa shape index (κ2) is 3.84. The van der Waals surface area contributed by atoms with Crippen LogP contribution in [0.2, 0.25) is 0 Å². The summed E-state index contributed by atoms with van der Waals surface area (Å²) < 4.78 is 6.33. The number of hydrogen-bond donors (Lipinski definition) is 0. The van der Waals surface area contributed by atoms with Crippen molar-refractivity contribution in [3.05, 3.63) is 29.3 Å². The quantitative estimate of drug-likeness (QED) is 0.698. The number of aryl methyl sites for hydroxylation is 1. The van der Waals surface area contributed by atoms with Crippen molar-refractivity contribution in [3.8, 4) is 5.75 Å². The summed E-state index contributed by atoms with van der Waals surface area (Å²) in [5.41, 5.74) is 1.87. The molecule has 0 saturated heterocycles. The molecule has 1 spiro atoms. The van der Waals surface area contributed by atoms with Crippen LogP contribution in [0, 0.1) is 18.3 Å². The molecule has 0 aromatic heterocycles. The van der Waals surface area contributed by atoms with Gasteiger partial charge in [-0.3, -0.25) is 4.79 Å². The van der Waals surface area contributed by atoms with Crippen LogP contribution < -0.4 is 4.74 Å². The van der Waals surface area contributed by atoms with Gasteiger partial charge in [0.05, 0.1) is 12.0 Å². The third-order valence-corrected chi connectivity index (χ3v) is 4.74. The number of ketones is 1. The van der Waals surface area contributed by atoms with Crippen molar-refractivity contribution in [2.24, 2.45) is 11.3 Å². The van der Waals surface area contributed by atoms with Crippen LogP contribution in [-0.4, -0.2) is 11.4 Å². The van der Waals surface area contributed by atoms with Gasteiger partial charge < -0.3 is 4.74 Å². The standard InChI is InChI=1S/C17H22O2/c1-11-5-6-15-13(7-11)14(18)9-17(19-15)10-16(3,4)8-12(17)2/h5-7,12H,8-10H2,1-4H3. The molecule has 2 nitrogen and oxygen atoms in total. The largest absolute Gasteiger partial charge is 0.486 e. The molecule has 1 aliphatic carbocycles.